The molecule has 0 saturated carbocycles. The number of hydrogen-bond donors (Lipinski definition) is 0. The first-order valence-corrected chi connectivity index (χ1v) is 46.2. The van der Waals surface area contributed by atoms with E-state index in [1.54, 1.807) is 100 Å². The number of carbonyl (C=O) groups is 3. The smallest absolute Gasteiger partial charge is 0.338 e. The van der Waals surface area contributed by atoms with Gasteiger partial charge in [-0.2, -0.15) is 16.8 Å². The van der Waals surface area contributed by atoms with E-state index in [-0.39, 0.29) is 88.2 Å². The normalized spacial score (nSPS) is 31.0. The largest absolute Gasteiger partial charge is 0.468 e. The molecule has 6 aliphatic heterocycles. The van der Waals surface area contributed by atoms with Crippen molar-refractivity contribution in [3.63, 3.8) is 0 Å². The zero-order valence-electron chi connectivity index (χ0n) is 66.2. The number of non-ortho nitro benzene ring substituents is 1. The molecule has 0 aliphatic carbocycles. The summed E-state index contributed by atoms with van der Waals surface area (Å²) >= 11 is 0. The van der Waals surface area contributed by atoms with Crippen LogP contribution in [0.25, 0.3) is 0 Å². The number of aryl methyl sites for hydroxylation is 1. The maximum absolute atomic E-state index is 14.1. The van der Waals surface area contributed by atoms with Crippen molar-refractivity contribution in [1.82, 2.24) is 0 Å². The van der Waals surface area contributed by atoms with Crippen LogP contribution in [0.5, 0.6) is 11.5 Å². The molecule has 0 aromatic heterocycles. The molecule has 6 heterocycles. The number of benzene rings is 5. The van der Waals surface area contributed by atoms with Crippen LogP contribution in [0.15, 0.2) is 140 Å². The average molecular weight is 1650 g/mol. The number of nitrogens with zero attached hydrogens (tertiary/aromatic N) is 1. The summed E-state index contributed by atoms with van der Waals surface area (Å²) in [5, 5.41) is 11.4. The van der Waals surface area contributed by atoms with Gasteiger partial charge >= 0.3 is 11.9 Å². The minimum Gasteiger partial charge on any atom is -0.468 e. The van der Waals surface area contributed by atoms with E-state index in [2.05, 4.69) is 19.6 Å². The monoisotopic (exact) mass is 1650 g/mol. The highest BCUT2D eigenvalue weighted by atomic mass is 32.2. The van der Waals surface area contributed by atoms with Crippen molar-refractivity contribution in [3.05, 3.63) is 172 Å². The van der Waals surface area contributed by atoms with Gasteiger partial charge < -0.3 is 85.3 Å². The van der Waals surface area contributed by atoms with Gasteiger partial charge in [0.2, 0.25) is 6.29 Å². The highest BCUT2D eigenvalue weighted by Gasteiger charge is 2.51. The van der Waals surface area contributed by atoms with Gasteiger partial charge in [-0.3, -0.25) is 23.3 Å². The van der Waals surface area contributed by atoms with Gasteiger partial charge in [-0.05, 0) is 127 Å². The number of carbonyl (C=O) groups excluding carboxylic acids is 3. The van der Waals surface area contributed by atoms with Gasteiger partial charge in [0.15, 0.2) is 44.3 Å². The molecule has 6 aliphatic rings. The molecule has 29 nitrogen and oxygen atoms in total. The fourth-order valence-electron chi connectivity index (χ4n) is 14.5. The van der Waals surface area contributed by atoms with Crippen LogP contribution in [0.4, 0.5) is 5.69 Å². The highest BCUT2D eigenvalue weighted by molar-refractivity contribution is 7.86. The maximum Gasteiger partial charge on any atom is 0.338 e. The fraction of sp³-hybridized carbons (Fsp3) is 0.598. The van der Waals surface area contributed by atoms with E-state index in [0.29, 0.717) is 42.1 Å². The quantitative estimate of drug-likeness (QED) is 0.00678. The van der Waals surface area contributed by atoms with Gasteiger partial charge in [0.25, 0.3) is 25.9 Å². The average Bonchev–Trinajstić information content (AvgIpc) is 0.792. The molecule has 0 N–H and O–H groups in total. The Morgan fingerprint density at radius 3 is 1.54 bits per heavy atom. The van der Waals surface area contributed by atoms with E-state index in [1.165, 1.54) is 31.2 Å². The molecule has 0 bridgehead atoms. The van der Waals surface area contributed by atoms with Gasteiger partial charge in [-0.15, -0.1) is 0 Å². The standard InChI is InChI=1S/C82H109NO28S2Si/c1-51(84)26-37-71(85)103-65-35-38-72(96-52(65)2)105-69-46-76(100-56(6)80(69)110-112(89,90)42-40-58-27-29-62(30-28-58)83(87)88)107-68-45-75(99-55(5)79(68)109-82(86)61-24-18-13-19-25-61)104-66-36-39-73(97-53(66)3)106-70-47-77(101-57(7)81(70)111-113(91,92)49-60-22-16-12-17-23-60)108-78-54(4)98-74(44-67(78)94-48-59-20-14-11-15-21-59)102-64-33-31-63(32-34-64)95-50-93-41-43-114(8,9)10/h11-25,27-34,52-57,65-70,72-81H,26,35-50H2,1-10H3/t52-,53-,54+,55+,56+,57+,65-,66-,67+,68+,69+,70+,72-,73-,74-,75-,76-,77-,78+,79+,80+,81+/m0/s1. The first-order chi connectivity index (χ1) is 54.4. The number of esters is 2. The lowest BCUT2D eigenvalue weighted by Crippen LogP contribution is -2.57. The van der Waals surface area contributed by atoms with E-state index in [1.807, 2.05) is 56.3 Å². The van der Waals surface area contributed by atoms with Gasteiger partial charge in [-0.25, -0.2) is 4.79 Å². The van der Waals surface area contributed by atoms with E-state index < -0.39 is 192 Å². The fourth-order valence-corrected chi connectivity index (χ4v) is 17.7. The summed E-state index contributed by atoms with van der Waals surface area (Å²) in [5.74, 6) is -1.11. The van der Waals surface area contributed by atoms with Crippen LogP contribution < -0.4 is 9.47 Å². The lowest BCUT2D eigenvalue weighted by atomic mass is 9.99. The Balaban J connectivity index is 0.771. The van der Waals surface area contributed by atoms with Crippen LogP contribution in [0.2, 0.25) is 25.7 Å². The number of nitro groups is 1. The third-order valence-corrected chi connectivity index (χ3v) is 24.8. The van der Waals surface area contributed by atoms with Gasteiger partial charge in [0, 0.05) is 71.8 Å². The van der Waals surface area contributed by atoms with Crippen molar-refractivity contribution in [2.75, 3.05) is 19.2 Å². The Morgan fingerprint density at radius 1 is 0.482 bits per heavy atom. The van der Waals surface area contributed by atoms with Crippen molar-refractivity contribution in [3.8, 4) is 11.5 Å². The molecule has 0 amide bonds. The minimum atomic E-state index is -4.37. The zero-order chi connectivity index (χ0) is 81.3. The predicted molar refractivity (Wildman–Crippen MR) is 414 cm³/mol. The van der Waals surface area contributed by atoms with E-state index in [4.69, 9.17) is 88.9 Å². The predicted octanol–water partition coefficient (Wildman–Crippen LogP) is 12.1. The number of ketones is 1. The first kappa shape index (κ1) is 88.0. The molecule has 6 fully saturated rings. The molecule has 6 saturated heterocycles. The molecule has 5 aromatic carbocycles. The highest BCUT2D eigenvalue weighted by Crippen LogP contribution is 2.40. The van der Waals surface area contributed by atoms with Crippen LogP contribution >= 0.6 is 0 Å². The summed E-state index contributed by atoms with van der Waals surface area (Å²) in [6, 6.07) is 40.6. The second-order valence-corrected chi connectivity index (χ2v) is 40.1. The summed E-state index contributed by atoms with van der Waals surface area (Å²) in [5.41, 5.74) is 2.09. The molecule has 0 spiro atoms. The summed E-state index contributed by atoms with van der Waals surface area (Å²) in [7, 11) is -9.89. The van der Waals surface area contributed by atoms with E-state index >= 15 is 0 Å². The van der Waals surface area contributed by atoms with Gasteiger partial charge in [0.05, 0.1) is 90.3 Å². The molecular weight excluding hydrogens is 1540 g/mol. The van der Waals surface area contributed by atoms with Gasteiger partial charge in [-0.1, -0.05) is 111 Å². The SMILES string of the molecule is CC(=O)CCC(=O)O[C@H]1CC[C@H](O[C@@H]2C[C@H](O[C@@H]3C[C@H](O[C@H]4CC[C@H](O[C@@H]5C[C@H](O[C@@H]6[C@@H](C)O[C@@H](Oc7ccc(OCOCC[Si](C)(C)C)cc7)C[C@H]6OCc6ccccc6)O[C@H](C)[C@H]5OS(=O)(=O)Cc5ccccc5)O[C@H]4C)O[C@H](C)[C@H]3OC(=O)c3ccccc3)O[C@H](C)[C@H]2OS(=O)(=O)CCc2ccc([N+](=O)[O-])cc2)O[C@H]1C. The Labute approximate surface area is 668 Å². The molecule has 32 heteroatoms. The topological polar surface area (TPSA) is 338 Å². The molecule has 5 aromatic rings. The van der Waals surface area contributed by atoms with Crippen molar-refractivity contribution in [2.24, 2.45) is 0 Å². The van der Waals surface area contributed by atoms with Crippen molar-refractivity contribution in [1.29, 1.82) is 0 Å². The Hall–Kier alpha value is -6.77. The van der Waals surface area contributed by atoms with Crippen LogP contribution in [-0.2, 0) is 128 Å². The van der Waals surface area contributed by atoms with E-state index in [9.17, 15) is 41.3 Å². The Morgan fingerprint density at radius 2 is 0.965 bits per heavy atom. The molecule has 114 heavy (non-hydrogen) atoms. The molecular formula is C82H109NO28S2Si. The summed E-state index contributed by atoms with van der Waals surface area (Å²) in [6.07, 6.45) is -18.7. The lowest BCUT2D eigenvalue weighted by molar-refractivity contribution is -0.384. The summed E-state index contributed by atoms with van der Waals surface area (Å²) in [4.78, 5) is 49.2. The Kier molecular flexibility index (Phi) is 31.7. The third kappa shape index (κ3) is 26.6. The second-order valence-electron chi connectivity index (χ2n) is 31.1. The van der Waals surface area contributed by atoms with Crippen LogP contribution in [0.1, 0.15) is 140 Å². The number of Topliss-reactive ketones (excluding diaryl/α,β-unsaturated/α-hetero) is 1. The van der Waals surface area contributed by atoms with Crippen molar-refractivity contribution >= 4 is 51.7 Å². The number of nitro benzene ring substituents is 1. The summed E-state index contributed by atoms with van der Waals surface area (Å²) < 4.78 is 178. The second kappa shape index (κ2) is 41.1. The molecule has 11 rings (SSSR count). The maximum atomic E-state index is 14.1. The Bertz CT molecular complexity index is 4100. The zero-order valence-corrected chi connectivity index (χ0v) is 68.8. The van der Waals surface area contributed by atoms with Crippen molar-refractivity contribution in [2.45, 2.75) is 293 Å². The molecule has 0 radical (unpaired) electrons. The van der Waals surface area contributed by atoms with Crippen LogP contribution in [0.3, 0.4) is 0 Å². The molecule has 0 unspecified atom stereocenters. The first-order valence-electron chi connectivity index (χ1n) is 39.3. The summed E-state index contributed by atoms with van der Waals surface area (Å²) in [6.45, 7) is 19.7. The van der Waals surface area contributed by atoms with Crippen molar-refractivity contribution < 1.29 is 125 Å². The number of ether oxygens (including phenoxy) is 17. The minimum absolute atomic E-state index is 0.00575. The number of hydrogen-bond acceptors (Lipinski definition) is 28. The third-order valence-electron chi connectivity index (χ3n) is 20.7. The van der Waals surface area contributed by atoms with Gasteiger partial charge in [0.1, 0.15) is 53.6 Å². The lowest BCUT2D eigenvalue weighted by Gasteiger charge is -2.46. The van der Waals surface area contributed by atoms with E-state index in [0.717, 1.165) is 11.6 Å². The molecule has 626 valence electrons. The van der Waals surface area contributed by atoms with Crippen LogP contribution in [0, 0.1) is 10.1 Å². The van der Waals surface area contributed by atoms with Crippen LogP contribution in [-0.4, -0.2) is 202 Å². The molecule has 22 atom stereocenters. The number of rotatable bonds is 37.